The van der Waals surface area contributed by atoms with Gasteiger partial charge in [-0.3, -0.25) is 0 Å². The first-order valence-electron chi connectivity index (χ1n) is 4.29. The van der Waals surface area contributed by atoms with Gasteiger partial charge in [-0.1, -0.05) is 6.42 Å². The maximum absolute atomic E-state index is 5.06. The van der Waals surface area contributed by atoms with Crippen LogP contribution in [0, 0.1) is 0 Å². The Hall–Kier alpha value is 0.0400. The smallest absolute Gasteiger partial charge is 0.166 e. The number of hydrogen-bond donors (Lipinski definition) is 2. The fourth-order valence-corrected chi connectivity index (χ4v) is 2.70. The average molecular weight is 204 g/mol. The van der Waals surface area contributed by atoms with Crippen LogP contribution >= 0.6 is 24.0 Å². The molecule has 0 aliphatic heterocycles. The summed E-state index contributed by atoms with van der Waals surface area (Å²) in [5.74, 6) is 0. The van der Waals surface area contributed by atoms with Crippen molar-refractivity contribution in [2.24, 2.45) is 0 Å². The molecule has 0 saturated heterocycles. The molecule has 0 radical (unpaired) electrons. The average Bonchev–Trinajstić information content (AvgIpc) is 2.51. The molecule has 0 amide bonds. The van der Waals surface area contributed by atoms with E-state index >= 15 is 0 Å². The molecular weight excluding hydrogens is 188 g/mol. The van der Waals surface area contributed by atoms with Gasteiger partial charge < -0.3 is 10.6 Å². The lowest BCUT2D eigenvalue weighted by Crippen LogP contribution is -2.43. The molecule has 1 fully saturated rings. The molecule has 70 valence electrons. The number of nitrogens with one attached hydrogen (secondary N) is 2. The van der Waals surface area contributed by atoms with E-state index in [0.717, 1.165) is 10.4 Å². The van der Waals surface area contributed by atoms with Crippen LogP contribution in [0.3, 0.4) is 0 Å². The van der Waals surface area contributed by atoms with Gasteiger partial charge in [0.05, 0.1) is 0 Å². The summed E-state index contributed by atoms with van der Waals surface area (Å²) in [6.07, 6.45) is 6.08. The number of hydrogen-bond acceptors (Lipinski definition) is 2. The van der Waals surface area contributed by atoms with E-state index in [1.807, 2.05) is 18.8 Å². The molecule has 4 heteroatoms. The Bertz CT molecular complexity index is 161. The molecule has 0 aromatic rings. The van der Waals surface area contributed by atoms with Gasteiger partial charge in [-0.2, -0.15) is 11.8 Å². The zero-order chi connectivity index (χ0) is 8.97. The van der Waals surface area contributed by atoms with Crippen molar-refractivity contribution in [3.05, 3.63) is 0 Å². The second kappa shape index (κ2) is 4.92. The highest BCUT2D eigenvalue weighted by Crippen LogP contribution is 2.28. The summed E-state index contributed by atoms with van der Waals surface area (Å²) in [5, 5.41) is 7.80. The van der Waals surface area contributed by atoms with Crippen LogP contribution in [0.25, 0.3) is 0 Å². The van der Waals surface area contributed by atoms with Gasteiger partial charge in [0.15, 0.2) is 5.11 Å². The van der Waals surface area contributed by atoms with Gasteiger partial charge in [-0.15, -0.1) is 0 Å². The highest BCUT2D eigenvalue weighted by Gasteiger charge is 2.26. The Morgan fingerprint density at radius 1 is 1.50 bits per heavy atom. The normalized spacial score (nSPS) is 28.5. The van der Waals surface area contributed by atoms with Gasteiger partial charge in [0, 0.05) is 18.3 Å². The summed E-state index contributed by atoms with van der Waals surface area (Å²) in [5.41, 5.74) is 0. The van der Waals surface area contributed by atoms with Gasteiger partial charge in [0.1, 0.15) is 0 Å². The van der Waals surface area contributed by atoms with Crippen LogP contribution in [-0.4, -0.2) is 29.7 Å². The highest BCUT2D eigenvalue weighted by molar-refractivity contribution is 7.99. The van der Waals surface area contributed by atoms with E-state index in [9.17, 15) is 0 Å². The minimum absolute atomic E-state index is 0.583. The number of thiocarbonyl (C=S) groups is 1. The van der Waals surface area contributed by atoms with Gasteiger partial charge in [0.2, 0.25) is 0 Å². The monoisotopic (exact) mass is 204 g/mol. The van der Waals surface area contributed by atoms with E-state index in [-0.39, 0.29) is 0 Å². The van der Waals surface area contributed by atoms with Gasteiger partial charge in [-0.05, 0) is 31.3 Å². The van der Waals surface area contributed by atoms with Crippen molar-refractivity contribution in [1.29, 1.82) is 0 Å². The van der Waals surface area contributed by atoms with Crippen molar-refractivity contribution < 1.29 is 0 Å². The van der Waals surface area contributed by atoms with Crippen LogP contribution in [0.15, 0.2) is 0 Å². The van der Waals surface area contributed by atoms with Crippen LogP contribution in [0.2, 0.25) is 0 Å². The first-order chi connectivity index (χ1) is 5.77. The molecule has 0 aromatic carbocycles. The molecule has 2 unspecified atom stereocenters. The minimum atomic E-state index is 0.583. The van der Waals surface area contributed by atoms with E-state index < -0.39 is 0 Å². The lowest BCUT2D eigenvalue weighted by molar-refractivity contribution is 0.637. The standard InChI is InChI=1S/C8H16N2S2/c1-9-8(11)10-6-4-3-5-7(6)12-2/h6-7H,3-5H2,1-2H3,(H2,9,10,11). The molecule has 2 nitrogen and oxygen atoms in total. The summed E-state index contributed by atoms with van der Waals surface area (Å²) in [6, 6.07) is 0.583. The fourth-order valence-electron chi connectivity index (χ4n) is 1.61. The van der Waals surface area contributed by atoms with Gasteiger partial charge in [0.25, 0.3) is 0 Å². The third kappa shape index (κ3) is 2.52. The lowest BCUT2D eigenvalue weighted by atomic mass is 10.2. The number of thioether (sulfide) groups is 1. The molecule has 2 N–H and O–H groups in total. The van der Waals surface area contributed by atoms with E-state index in [4.69, 9.17) is 12.2 Å². The summed E-state index contributed by atoms with van der Waals surface area (Å²) < 4.78 is 0. The molecule has 0 spiro atoms. The van der Waals surface area contributed by atoms with E-state index in [1.54, 1.807) is 0 Å². The van der Waals surface area contributed by atoms with E-state index in [0.29, 0.717) is 6.04 Å². The van der Waals surface area contributed by atoms with Crippen LogP contribution in [0.5, 0.6) is 0 Å². The zero-order valence-electron chi connectivity index (χ0n) is 7.59. The molecule has 1 aliphatic rings. The quantitative estimate of drug-likeness (QED) is 0.663. The molecule has 0 bridgehead atoms. The Balaban J connectivity index is 2.35. The van der Waals surface area contributed by atoms with Crippen LogP contribution in [-0.2, 0) is 0 Å². The SMILES string of the molecule is CNC(=S)NC1CCCC1SC. The molecule has 12 heavy (non-hydrogen) atoms. The first-order valence-corrected chi connectivity index (χ1v) is 5.98. The van der Waals surface area contributed by atoms with E-state index in [2.05, 4.69) is 16.9 Å². The van der Waals surface area contributed by atoms with Crippen molar-refractivity contribution in [3.8, 4) is 0 Å². The predicted molar refractivity (Wildman–Crippen MR) is 59.7 cm³/mol. The van der Waals surface area contributed by atoms with Crippen LogP contribution in [0.4, 0.5) is 0 Å². The third-order valence-corrected chi connectivity index (χ3v) is 3.79. The molecule has 1 rings (SSSR count). The van der Waals surface area contributed by atoms with Crippen molar-refractivity contribution in [2.45, 2.75) is 30.6 Å². The van der Waals surface area contributed by atoms with E-state index in [1.165, 1.54) is 19.3 Å². The molecule has 0 aromatic heterocycles. The maximum atomic E-state index is 5.06. The van der Waals surface area contributed by atoms with Gasteiger partial charge in [-0.25, -0.2) is 0 Å². The Morgan fingerprint density at radius 2 is 2.25 bits per heavy atom. The molecular formula is C8H16N2S2. The Labute approximate surface area is 83.9 Å². The van der Waals surface area contributed by atoms with Crippen LogP contribution < -0.4 is 10.6 Å². The summed E-state index contributed by atoms with van der Waals surface area (Å²) >= 11 is 7.00. The Morgan fingerprint density at radius 3 is 2.83 bits per heavy atom. The second-order valence-electron chi connectivity index (χ2n) is 3.04. The zero-order valence-corrected chi connectivity index (χ0v) is 9.23. The molecule has 2 atom stereocenters. The van der Waals surface area contributed by atoms with Crippen molar-refractivity contribution in [3.63, 3.8) is 0 Å². The van der Waals surface area contributed by atoms with Crippen molar-refractivity contribution in [1.82, 2.24) is 10.6 Å². The lowest BCUT2D eigenvalue weighted by Gasteiger charge is -2.20. The minimum Gasteiger partial charge on any atom is -0.366 e. The van der Waals surface area contributed by atoms with Crippen molar-refractivity contribution in [2.75, 3.05) is 13.3 Å². The maximum Gasteiger partial charge on any atom is 0.166 e. The van der Waals surface area contributed by atoms with Gasteiger partial charge >= 0.3 is 0 Å². The topological polar surface area (TPSA) is 24.1 Å². The molecule has 1 saturated carbocycles. The Kier molecular flexibility index (Phi) is 4.15. The predicted octanol–water partition coefficient (Wildman–Crippen LogP) is 1.36. The fraction of sp³-hybridized carbons (Fsp3) is 0.875. The second-order valence-corrected chi connectivity index (χ2v) is 4.52. The molecule has 1 aliphatic carbocycles. The third-order valence-electron chi connectivity index (χ3n) is 2.30. The summed E-state index contributed by atoms with van der Waals surface area (Å²) in [6.45, 7) is 0. The van der Waals surface area contributed by atoms with Crippen LogP contribution in [0.1, 0.15) is 19.3 Å². The number of rotatable bonds is 2. The largest absolute Gasteiger partial charge is 0.366 e. The summed E-state index contributed by atoms with van der Waals surface area (Å²) in [7, 11) is 1.86. The highest BCUT2D eigenvalue weighted by atomic mass is 32.2. The first kappa shape index (κ1) is 10.1. The van der Waals surface area contributed by atoms with Crippen molar-refractivity contribution >= 4 is 29.1 Å². The summed E-state index contributed by atoms with van der Waals surface area (Å²) in [4.78, 5) is 0. The molecule has 0 heterocycles.